The summed E-state index contributed by atoms with van der Waals surface area (Å²) in [7, 11) is -1.81. The maximum atomic E-state index is 13.4. The van der Waals surface area contributed by atoms with E-state index in [4.69, 9.17) is 4.74 Å². The van der Waals surface area contributed by atoms with Crippen LogP contribution >= 0.6 is 0 Å². The molecule has 196 valence electrons. The number of urea groups is 1. The minimum Gasteiger partial charge on any atom is -0.487 e. The Morgan fingerprint density at radius 1 is 1.29 bits per heavy atom. The van der Waals surface area contributed by atoms with E-state index in [2.05, 4.69) is 10.0 Å². The molecule has 1 aliphatic carbocycles. The lowest BCUT2D eigenvalue weighted by molar-refractivity contribution is 0.0366. The summed E-state index contributed by atoms with van der Waals surface area (Å²) in [6, 6.07) is 4.14. The molecule has 0 aromatic heterocycles. The number of amides is 3. The highest BCUT2D eigenvalue weighted by Gasteiger charge is 2.34. The second-order valence-electron chi connectivity index (χ2n) is 9.87. The number of benzene rings is 1. The van der Waals surface area contributed by atoms with Crippen molar-refractivity contribution < 1.29 is 27.9 Å². The van der Waals surface area contributed by atoms with Crippen LogP contribution in [-0.4, -0.2) is 86.4 Å². The molecule has 2 aliphatic rings. The summed E-state index contributed by atoms with van der Waals surface area (Å²) in [5.41, 5.74) is 0.444. The first-order chi connectivity index (χ1) is 16.5. The Balaban J connectivity index is 1.85. The molecule has 0 spiro atoms. The zero-order valence-corrected chi connectivity index (χ0v) is 21.8. The van der Waals surface area contributed by atoms with Crippen molar-refractivity contribution in [2.75, 3.05) is 37.7 Å². The highest BCUT2D eigenvalue weighted by Crippen LogP contribution is 2.31. The molecule has 3 amide bonds. The van der Waals surface area contributed by atoms with Gasteiger partial charge in [0.05, 0.1) is 31.0 Å². The lowest BCUT2D eigenvalue weighted by Crippen LogP contribution is -2.52. The number of nitrogens with zero attached hydrogens (tertiary/aromatic N) is 2. The van der Waals surface area contributed by atoms with Gasteiger partial charge in [0.2, 0.25) is 10.0 Å². The summed E-state index contributed by atoms with van der Waals surface area (Å²) in [5.74, 6) is -0.186. The van der Waals surface area contributed by atoms with Crippen LogP contribution in [0.5, 0.6) is 5.75 Å². The normalized spacial score (nSPS) is 22.3. The zero-order chi connectivity index (χ0) is 25.8. The van der Waals surface area contributed by atoms with E-state index >= 15 is 0 Å². The number of carbonyl (C=O) groups excluding carboxylic acids is 2. The van der Waals surface area contributed by atoms with Crippen molar-refractivity contribution in [1.82, 2.24) is 15.1 Å². The number of carbonyl (C=O) groups is 2. The van der Waals surface area contributed by atoms with Gasteiger partial charge in [-0.25, -0.2) is 13.2 Å². The third-order valence-corrected chi connectivity index (χ3v) is 7.31. The smallest absolute Gasteiger partial charge is 0.317 e. The van der Waals surface area contributed by atoms with Gasteiger partial charge in [-0.15, -0.1) is 0 Å². The fourth-order valence-corrected chi connectivity index (χ4v) is 5.16. The Hall–Kier alpha value is -2.53. The van der Waals surface area contributed by atoms with E-state index in [1.807, 2.05) is 6.92 Å². The number of rotatable bonds is 7. The molecule has 1 aromatic carbocycles. The van der Waals surface area contributed by atoms with Gasteiger partial charge in [-0.05, 0) is 38.0 Å². The summed E-state index contributed by atoms with van der Waals surface area (Å²) < 4.78 is 32.1. The molecule has 1 heterocycles. The molecular formula is C24H38N4O6S. The minimum atomic E-state index is -3.54. The highest BCUT2D eigenvalue weighted by atomic mass is 32.2. The Bertz CT molecular complexity index is 1010. The van der Waals surface area contributed by atoms with Crippen LogP contribution in [-0.2, 0) is 10.0 Å². The molecule has 0 saturated heterocycles. The van der Waals surface area contributed by atoms with E-state index in [-0.39, 0.29) is 41.8 Å². The number of hydrogen-bond donors (Lipinski definition) is 3. The Labute approximate surface area is 208 Å². The Morgan fingerprint density at radius 2 is 1.97 bits per heavy atom. The average Bonchev–Trinajstić information content (AvgIpc) is 2.80. The molecule has 1 aliphatic heterocycles. The molecule has 1 fully saturated rings. The van der Waals surface area contributed by atoms with Gasteiger partial charge in [0.15, 0.2) is 0 Å². The number of aliphatic hydroxyl groups excluding tert-OH is 1. The minimum absolute atomic E-state index is 0.139. The SMILES string of the molecule is C[C@H](CO)N1C[C@H](C)[C@@H](CN(C)C(=O)NC2CCCCC2)Oc2ccc(NS(C)(=O)=O)cc2C1=O. The van der Waals surface area contributed by atoms with Crippen molar-refractivity contribution in [3.63, 3.8) is 0 Å². The van der Waals surface area contributed by atoms with Gasteiger partial charge in [0.1, 0.15) is 11.9 Å². The summed E-state index contributed by atoms with van der Waals surface area (Å²) in [6.45, 7) is 4.10. The van der Waals surface area contributed by atoms with E-state index in [0.29, 0.717) is 18.8 Å². The lowest BCUT2D eigenvalue weighted by Gasteiger charge is -2.38. The summed E-state index contributed by atoms with van der Waals surface area (Å²) in [4.78, 5) is 29.4. The molecular weight excluding hydrogens is 472 g/mol. The van der Waals surface area contributed by atoms with Crippen LogP contribution < -0.4 is 14.8 Å². The van der Waals surface area contributed by atoms with Gasteiger partial charge in [0.25, 0.3) is 5.91 Å². The second kappa shape index (κ2) is 11.5. The van der Waals surface area contributed by atoms with Crippen molar-refractivity contribution >= 4 is 27.6 Å². The lowest BCUT2D eigenvalue weighted by atomic mass is 9.96. The zero-order valence-electron chi connectivity index (χ0n) is 21.0. The van der Waals surface area contributed by atoms with E-state index in [9.17, 15) is 23.1 Å². The van der Waals surface area contributed by atoms with Crippen LogP contribution in [0.25, 0.3) is 0 Å². The van der Waals surface area contributed by atoms with Crippen LogP contribution in [0.3, 0.4) is 0 Å². The first-order valence-corrected chi connectivity index (χ1v) is 14.1. The maximum Gasteiger partial charge on any atom is 0.317 e. The quantitative estimate of drug-likeness (QED) is 0.516. The second-order valence-corrected chi connectivity index (χ2v) is 11.6. The highest BCUT2D eigenvalue weighted by molar-refractivity contribution is 7.92. The fraction of sp³-hybridized carbons (Fsp3) is 0.667. The first kappa shape index (κ1) is 27.1. The molecule has 0 bridgehead atoms. The van der Waals surface area contributed by atoms with E-state index in [1.54, 1.807) is 29.8 Å². The molecule has 0 unspecified atom stereocenters. The van der Waals surface area contributed by atoms with Crippen LogP contribution in [0.1, 0.15) is 56.3 Å². The molecule has 10 nitrogen and oxygen atoms in total. The monoisotopic (exact) mass is 510 g/mol. The van der Waals surface area contributed by atoms with Gasteiger partial charge >= 0.3 is 6.03 Å². The van der Waals surface area contributed by atoms with Gasteiger partial charge < -0.3 is 25.0 Å². The number of fused-ring (bicyclic) bond motifs is 1. The Kier molecular flexibility index (Phi) is 8.87. The molecule has 3 atom stereocenters. The molecule has 35 heavy (non-hydrogen) atoms. The van der Waals surface area contributed by atoms with Gasteiger partial charge in [-0.1, -0.05) is 26.2 Å². The van der Waals surface area contributed by atoms with E-state index in [0.717, 1.165) is 31.9 Å². The predicted molar refractivity (Wildman–Crippen MR) is 134 cm³/mol. The molecule has 1 aromatic rings. The number of likely N-dealkylation sites (N-methyl/N-ethyl adjacent to an activating group) is 1. The number of anilines is 1. The van der Waals surface area contributed by atoms with Crippen molar-refractivity contribution in [2.45, 2.75) is 64.1 Å². The van der Waals surface area contributed by atoms with Gasteiger partial charge in [-0.3, -0.25) is 9.52 Å². The number of hydrogen-bond acceptors (Lipinski definition) is 6. The largest absolute Gasteiger partial charge is 0.487 e. The van der Waals surface area contributed by atoms with Gasteiger partial charge in [-0.2, -0.15) is 0 Å². The molecule has 3 N–H and O–H groups in total. The number of sulfonamides is 1. The van der Waals surface area contributed by atoms with Crippen LogP contribution in [0.15, 0.2) is 18.2 Å². The Morgan fingerprint density at radius 3 is 2.60 bits per heavy atom. The van der Waals surface area contributed by atoms with Gasteiger partial charge in [0, 0.05) is 31.2 Å². The number of nitrogens with one attached hydrogen (secondary N) is 2. The summed E-state index contributed by atoms with van der Waals surface area (Å²) in [5, 5.41) is 12.9. The van der Waals surface area contributed by atoms with Crippen molar-refractivity contribution in [1.29, 1.82) is 0 Å². The predicted octanol–water partition coefficient (Wildman–Crippen LogP) is 2.25. The van der Waals surface area contributed by atoms with Crippen LogP contribution in [0.2, 0.25) is 0 Å². The fourth-order valence-electron chi connectivity index (χ4n) is 4.60. The first-order valence-electron chi connectivity index (χ1n) is 12.2. The standard InChI is InChI=1S/C24H38N4O6S/c1-16-13-28(17(2)15-29)23(30)20-12-19(26-35(4,32)33)10-11-21(20)34-22(16)14-27(3)24(31)25-18-8-6-5-7-9-18/h10-12,16-18,22,26,29H,5-9,13-15H2,1-4H3,(H,25,31)/t16-,17+,22+/m0/s1. The van der Waals surface area contributed by atoms with Crippen molar-refractivity contribution in [2.24, 2.45) is 5.92 Å². The summed E-state index contributed by atoms with van der Waals surface area (Å²) >= 11 is 0. The molecule has 3 rings (SSSR count). The van der Waals surface area contributed by atoms with E-state index < -0.39 is 22.2 Å². The molecule has 0 radical (unpaired) electrons. The number of ether oxygens (including phenoxy) is 1. The van der Waals surface area contributed by atoms with Crippen molar-refractivity contribution in [3.8, 4) is 5.75 Å². The van der Waals surface area contributed by atoms with Crippen LogP contribution in [0, 0.1) is 5.92 Å². The van der Waals surface area contributed by atoms with Crippen molar-refractivity contribution in [3.05, 3.63) is 23.8 Å². The number of aliphatic hydroxyl groups is 1. The third kappa shape index (κ3) is 7.23. The average molecular weight is 511 g/mol. The van der Waals surface area contributed by atoms with Crippen LogP contribution in [0.4, 0.5) is 10.5 Å². The van der Waals surface area contributed by atoms with E-state index in [1.165, 1.54) is 18.6 Å². The maximum absolute atomic E-state index is 13.4. The molecule has 11 heteroatoms. The topological polar surface area (TPSA) is 128 Å². The third-order valence-electron chi connectivity index (χ3n) is 6.70. The summed E-state index contributed by atoms with van der Waals surface area (Å²) in [6.07, 6.45) is 6.04. The molecule has 1 saturated carbocycles.